The fraction of sp³-hybridized carbons (Fsp3) is 0.150. The van der Waals surface area contributed by atoms with Crippen molar-refractivity contribution in [1.29, 1.82) is 0 Å². The lowest BCUT2D eigenvalue weighted by molar-refractivity contribution is -0.120. The van der Waals surface area contributed by atoms with Crippen molar-refractivity contribution < 1.29 is 15.0 Å². The third-order valence-corrected chi connectivity index (χ3v) is 4.01. The molecule has 0 fully saturated rings. The van der Waals surface area contributed by atoms with E-state index < -0.39 is 0 Å². The first kappa shape index (κ1) is 15.9. The standard InChI is InChI=1S/C20H19NO3/c22-18-9-8-14(12-19(18)23)10-11-21-20(24)13-16-6-3-5-15-4-1-2-7-17(15)16/h1-9,12,22-23H,10-11,13H2,(H,21,24). The van der Waals surface area contributed by atoms with E-state index in [1.165, 1.54) is 12.1 Å². The van der Waals surface area contributed by atoms with Crippen molar-refractivity contribution in [2.45, 2.75) is 12.8 Å². The molecule has 0 aromatic heterocycles. The zero-order chi connectivity index (χ0) is 16.9. The molecule has 3 aromatic carbocycles. The van der Waals surface area contributed by atoms with Crippen LogP contribution in [0.4, 0.5) is 0 Å². The first-order valence-corrected chi connectivity index (χ1v) is 7.87. The summed E-state index contributed by atoms with van der Waals surface area (Å²) in [6.07, 6.45) is 0.928. The number of hydrogen-bond acceptors (Lipinski definition) is 3. The zero-order valence-electron chi connectivity index (χ0n) is 13.2. The molecule has 0 radical (unpaired) electrons. The number of carbonyl (C=O) groups is 1. The number of phenols is 2. The predicted molar refractivity (Wildman–Crippen MR) is 94.1 cm³/mol. The molecule has 3 N–H and O–H groups in total. The van der Waals surface area contributed by atoms with E-state index >= 15 is 0 Å². The molecule has 0 atom stereocenters. The van der Waals surface area contributed by atoms with E-state index in [-0.39, 0.29) is 17.4 Å². The number of rotatable bonds is 5. The quantitative estimate of drug-likeness (QED) is 0.632. The molecular weight excluding hydrogens is 302 g/mol. The van der Waals surface area contributed by atoms with Gasteiger partial charge >= 0.3 is 0 Å². The Morgan fingerprint density at radius 2 is 1.71 bits per heavy atom. The fourth-order valence-corrected chi connectivity index (χ4v) is 2.75. The topological polar surface area (TPSA) is 69.6 Å². The van der Waals surface area contributed by atoms with Crippen LogP contribution in [0.5, 0.6) is 11.5 Å². The van der Waals surface area contributed by atoms with Gasteiger partial charge in [-0.05, 0) is 40.5 Å². The Morgan fingerprint density at radius 1 is 0.917 bits per heavy atom. The van der Waals surface area contributed by atoms with Gasteiger partial charge < -0.3 is 15.5 Å². The van der Waals surface area contributed by atoms with Crippen molar-refractivity contribution in [2.75, 3.05) is 6.54 Å². The van der Waals surface area contributed by atoms with E-state index in [9.17, 15) is 15.0 Å². The fourth-order valence-electron chi connectivity index (χ4n) is 2.75. The second-order valence-electron chi connectivity index (χ2n) is 5.74. The van der Waals surface area contributed by atoms with Crippen LogP contribution in [0.15, 0.2) is 60.7 Å². The average molecular weight is 321 g/mol. The summed E-state index contributed by atoms with van der Waals surface area (Å²) in [5, 5.41) is 23.9. The second-order valence-corrected chi connectivity index (χ2v) is 5.74. The molecule has 3 rings (SSSR count). The SMILES string of the molecule is O=C(Cc1cccc2ccccc12)NCCc1ccc(O)c(O)c1. The highest BCUT2D eigenvalue weighted by Crippen LogP contribution is 2.24. The molecule has 0 aliphatic carbocycles. The number of benzene rings is 3. The van der Waals surface area contributed by atoms with E-state index in [2.05, 4.69) is 5.32 Å². The van der Waals surface area contributed by atoms with Crippen LogP contribution in [0.25, 0.3) is 10.8 Å². The third-order valence-electron chi connectivity index (χ3n) is 4.01. The van der Waals surface area contributed by atoms with Crippen LogP contribution in [-0.4, -0.2) is 22.7 Å². The largest absolute Gasteiger partial charge is 0.504 e. The molecule has 0 saturated carbocycles. The van der Waals surface area contributed by atoms with Gasteiger partial charge in [0, 0.05) is 6.54 Å². The summed E-state index contributed by atoms with van der Waals surface area (Å²) in [7, 11) is 0. The Hall–Kier alpha value is -3.01. The lowest BCUT2D eigenvalue weighted by Crippen LogP contribution is -2.27. The third kappa shape index (κ3) is 3.66. The molecule has 4 nitrogen and oxygen atoms in total. The Bertz CT molecular complexity index is 868. The lowest BCUT2D eigenvalue weighted by Gasteiger charge is -2.08. The molecule has 0 bridgehead atoms. The van der Waals surface area contributed by atoms with Gasteiger partial charge in [-0.2, -0.15) is 0 Å². The van der Waals surface area contributed by atoms with Crippen LogP contribution in [0.1, 0.15) is 11.1 Å². The van der Waals surface area contributed by atoms with E-state index in [0.717, 1.165) is 21.9 Å². The van der Waals surface area contributed by atoms with Crippen LogP contribution >= 0.6 is 0 Å². The monoisotopic (exact) mass is 321 g/mol. The van der Waals surface area contributed by atoms with Crippen LogP contribution in [0.2, 0.25) is 0 Å². The molecular formula is C20H19NO3. The molecule has 122 valence electrons. The number of aromatic hydroxyl groups is 2. The summed E-state index contributed by atoms with van der Waals surface area (Å²) in [5.74, 6) is -0.317. The maximum Gasteiger partial charge on any atom is 0.224 e. The van der Waals surface area contributed by atoms with Crippen molar-refractivity contribution in [1.82, 2.24) is 5.32 Å². The van der Waals surface area contributed by atoms with Crippen LogP contribution in [-0.2, 0) is 17.6 Å². The lowest BCUT2D eigenvalue weighted by atomic mass is 10.0. The highest BCUT2D eigenvalue weighted by molar-refractivity contribution is 5.90. The van der Waals surface area contributed by atoms with E-state index in [0.29, 0.717) is 19.4 Å². The summed E-state index contributed by atoms with van der Waals surface area (Å²) < 4.78 is 0. The Labute approximate surface area is 140 Å². The van der Waals surface area contributed by atoms with Gasteiger partial charge in [0.2, 0.25) is 5.91 Å². The van der Waals surface area contributed by atoms with Gasteiger partial charge in [-0.3, -0.25) is 4.79 Å². The number of carbonyl (C=O) groups excluding carboxylic acids is 1. The number of phenolic OH excluding ortho intramolecular Hbond substituents is 2. The van der Waals surface area contributed by atoms with Crippen molar-refractivity contribution in [3.05, 3.63) is 71.8 Å². The highest BCUT2D eigenvalue weighted by atomic mass is 16.3. The molecule has 3 aromatic rings. The van der Waals surface area contributed by atoms with Crippen LogP contribution in [0, 0.1) is 0 Å². The molecule has 0 unspecified atom stereocenters. The van der Waals surface area contributed by atoms with Gasteiger partial charge in [0.25, 0.3) is 0 Å². The Morgan fingerprint density at radius 3 is 2.54 bits per heavy atom. The van der Waals surface area contributed by atoms with Gasteiger partial charge in [-0.25, -0.2) is 0 Å². The smallest absolute Gasteiger partial charge is 0.224 e. The number of amides is 1. The van der Waals surface area contributed by atoms with Gasteiger partial charge in [0.05, 0.1) is 6.42 Å². The number of nitrogens with one attached hydrogen (secondary N) is 1. The minimum atomic E-state index is -0.144. The van der Waals surface area contributed by atoms with Crippen LogP contribution in [0.3, 0.4) is 0 Å². The van der Waals surface area contributed by atoms with E-state index in [1.54, 1.807) is 6.07 Å². The van der Waals surface area contributed by atoms with E-state index in [4.69, 9.17) is 0 Å². The van der Waals surface area contributed by atoms with Crippen molar-refractivity contribution in [3.8, 4) is 11.5 Å². The summed E-state index contributed by atoms with van der Waals surface area (Å²) in [5.41, 5.74) is 1.86. The molecule has 24 heavy (non-hydrogen) atoms. The maximum absolute atomic E-state index is 12.2. The molecule has 0 aliphatic rings. The summed E-state index contributed by atoms with van der Waals surface area (Å²) in [6.45, 7) is 0.480. The molecule has 0 aliphatic heterocycles. The second kappa shape index (κ2) is 7.04. The number of hydrogen-bond donors (Lipinski definition) is 3. The van der Waals surface area contributed by atoms with Crippen molar-refractivity contribution in [2.24, 2.45) is 0 Å². The minimum Gasteiger partial charge on any atom is -0.504 e. The molecule has 1 amide bonds. The predicted octanol–water partition coefficient (Wildman–Crippen LogP) is 3.15. The molecule has 0 saturated heterocycles. The van der Waals surface area contributed by atoms with Gasteiger partial charge in [0.1, 0.15) is 0 Å². The first-order chi connectivity index (χ1) is 11.6. The zero-order valence-corrected chi connectivity index (χ0v) is 13.2. The summed E-state index contributed by atoms with van der Waals surface area (Å²) in [4.78, 5) is 12.2. The van der Waals surface area contributed by atoms with Gasteiger partial charge in [-0.15, -0.1) is 0 Å². The average Bonchev–Trinajstić information content (AvgIpc) is 2.58. The van der Waals surface area contributed by atoms with Crippen molar-refractivity contribution in [3.63, 3.8) is 0 Å². The summed E-state index contributed by atoms with van der Waals surface area (Å²) >= 11 is 0. The summed E-state index contributed by atoms with van der Waals surface area (Å²) in [6, 6.07) is 18.7. The number of fused-ring (bicyclic) bond motifs is 1. The van der Waals surface area contributed by atoms with E-state index in [1.807, 2.05) is 42.5 Å². The van der Waals surface area contributed by atoms with Gasteiger partial charge in [0.15, 0.2) is 11.5 Å². The molecule has 0 heterocycles. The maximum atomic E-state index is 12.2. The minimum absolute atomic E-state index is 0.0330. The molecule has 4 heteroatoms. The highest BCUT2D eigenvalue weighted by Gasteiger charge is 2.07. The van der Waals surface area contributed by atoms with Gasteiger partial charge in [-0.1, -0.05) is 48.5 Å². The normalized spacial score (nSPS) is 10.7. The Kier molecular flexibility index (Phi) is 4.66. The van der Waals surface area contributed by atoms with Crippen molar-refractivity contribution >= 4 is 16.7 Å². The Balaban J connectivity index is 1.58. The molecule has 0 spiro atoms. The van der Waals surface area contributed by atoms with Crippen LogP contribution < -0.4 is 5.32 Å². The first-order valence-electron chi connectivity index (χ1n) is 7.87.